The second-order valence-electron chi connectivity index (χ2n) is 3.73. The lowest BCUT2D eigenvalue weighted by Gasteiger charge is -1.99. The van der Waals surface area contributed by atoms with E-state index in [0.29, 0.717) is 11.8 Å². The van der Waals surface area contributed by atoms with E-state index in [-0.39, 0.29) is 0 Å². The van der Waals surface area contributed by atoms with Crippen molar-refractivity contribution in [3.8, 4) is 28.8 Å². The van der Waals surface area contributed by atoms with Crippen molar-refractivity contribution >= 4 is 0 Å². The largest absolute Gasteiger partial charge is 0.497 e. The Morgan fingerprint density at radius 2 is 2.00 bits per heavy atom. The first-order valence-electron chi connectivity index (χ1n) is 5.48. The van der Waals surface area contributed by atoms with Crippen molar-refractivity contribution in [2.75, 3.05) is 7.11 Å². The van der Waals surface area contributed by atoms with Gasteiger partial charge in [0, 0.05) is 11.8 Å². The lowest BCUT2D eigenvalue weighted by Crippen LogP contribution is -1.83. The lowest BCUT2D eigenvalue weighted by atomic mass is 10.2. The number of ether oxygens (including phenoxy) is 1. The molecule has 1 N–H and O–H groups in total. The maximum absolute atomic E-state index is 5.60. The van der Waals surface area contributed by atoms with Gasteiger partial charge in [-0.15, -0.1) is 10.2 Å². The summed E-state index contributed by atoms with van der Waals surface area (Å²) in [6.07, 6.45) is 1.81. The van der Waals surface area contributed by atoms with E-state index in [2.05, 4.69) is 15.2 Å². The van der Waals surface area contributed by atoms with E-state index in [1.165, 1.54) is 0 Å². The summed E-state index contributed by atoms with van der Waals surface area (Å²) in [7, 11) is 1.62. The van der Waals surface area contributed by atoms with Crippen LogP contribution in [0.3, 0.4) is 0 Å². The molecule has 2 heterocycles. The van der Waals surface area contributed by atoms with Gasteiger partial charge in [0.15, 0.2) is 0 Å². The van der Waals surface area contributed by atoms with Crippen LogP contribution >= 0.6 is 0 Å². The number of methoxy groups -OCH3 is 1. The number of nitrogens with zero attached hydrogens (tertiary/aromatic N) is 2. The highest BCUT2D eigenvalue weighted by Crippen LogP contribution is 2.25. The number of hydrogen-bond acceptors (Lipinski definition) is 4. The van der Waals surface area contributed by atoms with Crippen molar-refractivity contribution in [3.05, 3.63) is 42.6 Å². The number of nitrogens with one attached hydrogen (secondary N) is 1. The molecule has 3 rings (SSSR count). The molecule has 0 aliphatic heterocycles. The quantitative estimate of drug-likeness (QED) is 0.765. The summed E-state index contributed by atoms with van der Waals surface area (Å²) in [5.74, 6) is 1.70. The summed E-state index contributed by atoms with van der Waals surface area (Å²) in [5.41, 5.74) is 1.64. The van der Waals surface area contributed by atoms with Crippen LogP contribution in [0.1, 0.15) is 0 Å². The molecule has 0 radical (unpaired) electrons. The summed E-state index contributed by atoms with van der Waals surface area (Å²) in [6.45, 7) is 0. The number of aromatic amines is 1. The minimum Gasteiger partial charge on any atom is -0.497 e. The minimum absolute atomic E-state index is 0.470. The third kappa shape index (κ3) is 1.86. The maximum atomic E-state index is 5.60. The van der Waals surface area contributed by atoms with Crippen LogP contribution in [-0.4, -0.2) is 22.3 Å². The Kier molecular flexibility index (Phi) is 2.57. The number of hydrogen-bond donors (Lipinski definition) is 1. The molecule has 0 atom stereocenters. The Hall–Kier alpha value is -2.56. The van der Waals surface area contributed by atoms with Crippen molar-refractivity contribution in [1.82, 2.24) is 15.2 Å². The second-order valence-corrected chi connectivity index (χ2v) is 3.73. The molecule has 0 aliphatic carbocycles. The van der Waals surface area contributed by atoms with Crippen LogP contribution in [-0.2, 0) is 0 Å². The minimum atomic E-state index is 0.470. The molecule has 90 valence electrons. The van der Waals surface area contributed by atoms with Crippen LogP contribution in [0.25, 0.3) is 23.0 Å². The van der Waals surface area contributed by atoms with Gasteiger partial charge in [0.2, 0.25) is 5.89 Å². The van der Waals surface area contributed by atoms with Gasteiger partial charge >= 0.3 is 0 Å². The monoisotopic (exact) mass is 241 g/mol. The first-order chi connectivity index (χ1) is 8.86. The molecular formula is C13H11N3O2. The van der Waals surface area contributed by atoms with Crippen molar-refractivity contribution in [2.45, 2.75) is 0 Å². The molecule has 3 aromatic rings. The fourth-order valence-corrected chi connectivity index (χ4v) is 1.67. The lowest BCUT2D eigenvalue weighted by molar-refractivity contribution is 0.415. The van der Waals surface area contributed by atoms with Crippen LogP contribution in [0.2, 0.25) is 0 Å². The molecule has 0 aliphatic rings. The van der Waals surface area contributed by atoms with Gasteiger partial charge in [0.25, 0.3) is 5.89 Å². The van der Waals surface area contributed by atoms with Gasteiger partial charge in [-0.25, -0.2) is 0 Å². The maximum Gasteiger partial charge on any atom is 0.264 e. The molecule has 2 aromatic heterocycles. The predicted octanol–water partition coefficient (Wildman–Crippen LogP) is 2.74. The smallest absolute Gasteiger partial charge is 0.264 e. The van der Waals surface area contributed by atoms with E-state index in [1.807, 2.05) is 42.6 Å². The summed E-state index contributed by atoms with van der Waals surface area (Å²) in [6, 6.07) is 11.3. The van der Waals surface area contributed by atoms with Gasteiger partial charge in [-0.05, 0) is 30.3 Å². The van der Waals surface area contributed by atoms with Gasteiger partial charge in [-0.2, -0.15) is 0 Å². The molecule has 0 amide bonds. The van der Waals surface area contributed by atoms with Crippen LogP contribution < -0.4 is 4.74 Å². The fraction of sp³-hybridized carbons (Fsp3) is 0.0769. The van der Waals surface area contributed by atoms with E-state index in [9.17, 15) is 0 Å². The zero-order chi connectivity index (χ0) is 12.4. The zero-order valence-corrected chi connectivity index (χ0v) is 9.75. The van der Waals surface area contributed by atoms with Crippen LogP contribution in [0.4, 0.5) is 0 Å². The Balaban J connectivity index is 1.97. The zero-order valence-electron chi connectivity index (χ0n) is 9.75. The summed E-state index contributed by atoms with van der Waals surface area (Å²) >= 11 is 0. The molecule has 0 spiro atoms. The number of benzene rings is 1. The SMILES string of the molecule is COc1cccc(-c2nnc(-c3ccc[nH]3)o2)c1. The molecule has 0 bridgehead atoms. The molecule has 0 fully saturated rings. The Morgan fingerprint density at radius 3 is 2.78 bits per heavy atom. The molecule has 5 heteroatoms. The summed E-state index contributed by atoms with van der Waals surface area (Å²) in [4.78, 5) is 3.02. The molecule has 0 saturated carbocycles. The molecule has 1 aromatic carbocycles. The topological polar surface area (TPSA) is 63.9 Å². The Labute approximate surface area is 103 Å². The highest BCUT2D eigenvalue weighted by molar-refractivity contribution is 5.57. The standard InChI is InChI=1S/C13H11N3O2/c1-17-10-5-2-4-9(8-10)12-15-16-13(18-12)11-6-3-7-14-11/h2-8,14H,1H3. The van der Waals surface area contributed by atoms with Crippen LogP contribution in [0.15, 0.2) is 47.0 Å². The number of aromatic nitrogens is 3. The van der Waals surface area contributed by atoms with E-state index in [4.69, 9.17) is 9.15 Å². The first kappa shape index (κ1) is 10.6. The van der Waals surface area contributed by atoms with Crippen LogP contribution in [0, 0.1) is 0 Å². The van der Waals surface area contributed by atoms with Crippen molar-refractivity contribution in [1.29, 1.82) is 0 Å². The van der Waals surface area contributed by atoms with Gasteiger partial charge < -0.3 is 14.1 Å². The first-order valence-corrected chi connectivity index (χ1v) is 5.48. The van der Waals surface area contributed by atoms with Crippen molar-refractivity contribution < 1.29 is 9.15 Å². The normalized spacial score (nSPS) is 10.5. The molecular weight excluding hydrogens is 230 g/mol. The average molecular weight is 241 g/mol. The van der Waals surface area contributed by atoms with Gasteiger partial charge in [0.05, 0.1) is 7.11 Å². The number of H-pyrrole nitrogens is 1. The van der Waals surface area contributed by atoms with E-state index < -0.39 is 0 Å². The third-order valence-electron chi connectivity index (χ3n) is 2.57. The molecule has 5 nitrogen and oxygen atoms in total. The van der Waals surface area contributed by atoms with Gasteiger partial charge in [-0.1, -0.05) is 6.07 Å². The highest BCUT2D eigenvalue weighted by atomic mass is 16.5. The molecule has 0 saturated heterocycles. The van der Waals surface area contributed by atoms with E-state index in [0.717, 1.165) is 17.0 Å². The van der Waals surface area contributed by atoms with E-state index in [1.54, 1.807) is 7.11 Å². The predicted molar refractivity (Wildman–Crippen MR) is 66.1 cm³/mol. The average Bonchev–Trinajstić information content (AvgIpc) is 3.09. The number of rotatable bonds is 3. The highest BCUT2D eigenvalue weighted by Gasteiger charge is 2.11. The molecule has 0 unspecified atom stereocenters. The van der Waals surface area contributed by atoms with Gasteiger partial charge in [0.1, 0.15) is 11.4 Å². The summed E-state index contributed by atoms with van der Waals surface area (Å²) < 4.78 is 10.8. The Morgan fingerprint density at radius 1 is 1.11 bits per heavy atom. The fourth-order valence-electron chi connectivity index (χ4n) is 1.67. The Bertz CT molecular complexity index is 644. The van der Waals surface area contributed by atoms with E-state index >= 15 is 0 Å². The molecule has 18 heavy (non-hydrogen) atoms. The van der Waals surface area contributed by atoms with Crippen molar-refractivity contribution in [3.63, 3.8) is 0 Å². The summed E-state index contributed by atoms with van der Waals surface area (Å²) in [5, 5.41) is 8.03. The van der Waals surface area contributed by atoms with Crippen molar-refractivity contribution in [2.24, 2.45) is 0 Å². The third-order valence-corrected chi connectivity index (χ3v) is 2.57. The van der Waals surface area contributed by atoms with Crippen LogP contribution in [0.5, 0.6) is 5.75 Å². The second kappa shape index (κ2) is 4.37. The van der Waals surface area contributed by atoms with Gasteiger partial charge in [-0.3, -0.25) is 0 Å².